The molecule has 2 amide bonds. The van der Waals surface area contributed by atoms with Crippen LogP contribution in [0, 0.1) is 0 Å². The lowest BCUT2D eigenvalue weighted by Gasteiger charge is -2.32. The molecule has 0 saturated heterocycles. The Balaban J connectivity index is 2.41. The minimum absolute atomic E-state index is 0.0258. The second kappa shape index (κ2) is 12.1. The average molecular weight is 549 g/mol. The molecule has 0 aromatic heterocycles. The van der Waals surface area contributed by atoms with E-state index in [4.69, 9.17) is 34.8 Å². The molecule has 2 rings (SSSR count). The van der Waals surface area contributed by atoms with Crippen LogP contribution < -0.4 is 9.62 Å². The molecule has 0 aliphatic heterocycles. The van der Waals surface area contributed by atoms with E-state index in [-0.39, 0.29) is 24.2 Å². The summed E-state index contributed by atoms with van der Waals surface area (Å²) in [5.41, 5.74) is 0.883. The zero-order chi connectivity index (χ0) is 25.6. The summed E-state index contributed by atoms with van der Waals surface area (Å²) in [6.07, 6.45) is 1.72. The predicted molar refractivity (Wildman–Crippen MR) is 138 cm³/mol. The fourth-order valence-electron chi connectivity index (χ4n) is 3.13. The van der Waals surface area contributed by atoms with Gasteiger partial charge in [0.1, 0.15) is 12.6 Å². The molecule has 0 heterocycles. The Bertz CT molecular complexity index is 1140. The van der Waals surface area contributed by atoms with E-state index in [1.54, 1.807) is 43.3 Å². The van der Waals surface area contributed by atoms with Gasteiger partial charge >= 0.3 is 0 Å². The van der Waals surface area contributed by atoms with Gasteiger partial charge in [0.25, 0.3) is 0 Å². The van der Waals surface area contributed by atoms with E-state index in [1.165, 1.54) is 11.0 Å². The van der Waals surface area contributed by atoms with Crippen molar-refractivity contribution in [1.82, 2.24) is 10.2 Å². The Kier molecular flexibility index (Phi) is 10.1. The Morgan fingerprint density at radius 2 is 1.71 bits per heavy atom. The van der Waals surface area contributed by atoms with Gasteiger partial charge in [-0.3, -0.25) is 13.9 Å². The van der Waals surface area contributed by atoms with Gasteiger partial charge < -0.3 is 10.2 Å². The van der Waals surface area contributed by atoms with E-state index >= 15 is 0 Å². The Morgan fingerprint density at radius 1 is 1.03 bits per heavy atom. The first-order valence-corrected chi connectivity index (χ1v) is 13.6. The summed E-state index contributed by atoms with van der Waals surface area (Å²) in [4.78, 5) is 27.6. The van der Waals surface area contributed by atoms with Crippen LogP contribution in [0.25, 0.3) is 0 Å². The molecule has 0 saturated carbocycles. The quantitative estimate of drug-likeness (QED) is 0.464. The van der Waals surface area contributed by atoms with Crippen LogP contribution in [0.4, 0.5) is 5.69 Å². The van der Waals surface area contributed by atoms with Gasteiger partial charge in [-0.2, -0.15) is 0 Å². The molecule has 0 fully saturated rings. The SMILES string of the molecule is CC[C@H](C)NC(=O)[C@@H](C)N(Cc1ccc(Cl)c(Cl)c1)C(=O)CN(c1cccc(Cl)c1)S(C)(=O)=O. The normalized spacial score (nSPS) is 13.1. The molecule has 2 atom stereocenters. The predicted octanol–water partition coefficient (Wildman–Crippen LogP) is 4.74. The highest BCUT2D eigenvalue weighted by Gasteiger charge is 2.30. The second-order valence-corrected chi connectivity index (χ2v) is 11.2. The van der Waals surface area contributed by atoms with Crippen molar-refractivity contribution in [2.75, 3.05) is 17.1 Å². The summed E-state index contributed by atoms with van der Waals surface area (Å²) in [6, 6.07) is 10.1. The molecule has 186 valence electrons. The van der Waals surface area contributed by atoms with Crippen molar-refractivity contribution in [1.29, 1.82) is 0 Å². The molecular weight excluding hydrogens is 521 g/mol. The Hall–Kier alpha value is -2.00. The third kappa shape index (κ3) is 7.77. The van der Waals surface area contributed by atoms with E-state index < -0.39 is 28.5 Å². The number of carbonyl (C=O) groups excluding carboxylic acids is 2. The van der Waals surface area contributed by atoms with Gasteiger partial charge in [-0.05, 0) is 56.2 Å². The van der Waals surface area contributed by atoms with Crippen LogP contribution in [0.1, 0.15) is 32.8 Å². The third-order valence-electron chi connectivity index (χ3n) is 5.28. The zero-order valence-corrected chi connectivity index (χ0v) is 22.5. The lowest BCUT2D eigenvalue weighted by atomic mass is 10.1. The number of amides is 2. The summed E-state index contributed by atoms with van der Waals surface area (Å²) >= 11 is 18.2. The number of rotatable bonds is 10. The summed E-state index contributed by atoms with van der Waals surface area (Å²) in [6.45, 7) is 4.90. The molecule has 0 aliphatic rings. The van der Waals surface area contributed by atoms with Crippen molar-refractivity contribution < 1.29 is 18.0 Å². The van der Waals surface area contributed by atoms with Crippen molar-refractivity contribution in [3.63, 3.8) is 0 Å². The van der Waals surface area contributed by atoms with E-state index in [9.17, 15) is 18.0 Å². The maximum Gasteiger partial charge on any atom is 0.244 e. The molecule has 0 bridgehead atoms. The van der Waals surface area contributed by atoms with E-state index in [0.717, 1.165) is 17.0 Å². The van der Waals surface area contributed by atoms with Gasteiger partial charge in [0.2, 0.25) is 21.8 Å². The standard InChI is InChI=1S/C23H28Cl3N3O4S/c1-5-15(2)27-23(31)16(3)28(13-17-9-10-20(25)21(26)11-17)22(30)14-29(34(4,32)33)19-8-6-7-18(24)12-19/h6-12,15-16H,5,13-14H2,1-4H3,(H,27,31)/t15-,16+/m0/s1. The van der Waals surface area contributed by atoms with Crippen molar-refractivity contribution in [3.8, 4) is 0 Å². The van der Waals surface area contributed by atoms with Crippen LogP contribution in [0.3, 0.4) is 0 Å². The molecule has 0 radical (unpaired) electrons. The first-order valence-electron chi connectivity index (χ1n) is 10.6. The number of sulfonamides is 1. The van der Waals surface area contributed by atoms with Gasteiger partial charge in [-0.15, -0.1) is 0 Å². The van der Waals surface area contributed by atoms with Crippen molar-refractivity contribution in [2.45, 2.75) is 45.8 Å². The van der Waals surface area contributed by atoms with Gasteiger partial charge in [-0.25, -0.2) is 8.42 Å². The highest BCUT2D eigenvalue weighted by atomic mass is 35.5. The first kappa shape index (κ1) is 28.2. The molecule has 0 aliphatic carbocycles. The summed E-state index contributed by atoms with van der Waals surface area (Å²) in [7, 11) is -3.83. The Morgan fingerprint density at radius 3 is 2.26 bits per heavy atom. The second-order valence-electron chi connectivity index (χ2n) is 8.01. The zero-order valence-electron chi connectivity index (χ0n) is 19.4. The van der Waals surface area contributed by atoms with Gasteiger partial charge in [-0.1, -0.05) is 53.9 Å². The number of hydrogen-bond acceptors (Lipinski definition) is 4. The van der Waals surface area contributed by atoms with E-state index in [0.29, 0.717) is 20.6 Å². The molecular formula is C23H28Cl3N3O4S. The van der Waals surface area contributed by atoms with E-state index in [2.05, 4.69) is 5.32 Å². The van der Waals surface area contributed by atoms with E-state index in [1.807, 2.05) is 13.8 Å². The van der Waals surface area contributed by atoms with Crippen LogP contribution >= 0.6 is 34.8 Å². The third-order valence-corrected chi connectivity index (χ3v) is 7.40. The molecule has 1 N–H and O–H groups in total. The first-order chi connectivity index (χ1) is 15.8. The number of carbonyl (C=O) groups is 2. The van der Waals surface area contributed by atoms with Crippen LogP contribution in [0.2, 0.25) is 15.1 Å². The lowest BCUT2D eigenvalue weighted by Crippen LogP contribution is -2.52. The fraction of sp³-hybridized carbons (Fsp3) is 0.391. The topological polar surface area (TPSA) is 86.8 Å². The van der Waals surface area contributed by atoms with Gasteiger partial charge in [0.15, 0.2) is 0 Å². The fourth-order valence-corrected chi connectivity index (χ4v) is 4.47. The van der Waals surface area contributed by atoms with Crippen LogP contribution in [0.15, 0.2) is 42.5 Å². The molecule has 7 nitrogen and oxygen atoms in total. The van der Waals surface area contributed by atoms with Crippen molar-refractivity contribution >= 4 is 62.3 Å². The summed E-state index contributed by atoms with van der Waals surface area (Å²) < 4.78 is 26.0. The molecule has 34 heavy (non-hydrogen) atoms. The number of hydrogen-bond donors (Lipinski definition) is 1. The van der Waals surface area contributed by atoms with Crippen LogP contribution in [-0.4, -0.2) is 50.0 Å². The Labute approximate surface area is 216 Å². The van der Waals surface area contributed by atoms with Crippen LogP contribution in [-0.2, 0) is 26.2 Å². The molecule has 11 heteroatoms. The number of halogens is 3. The van der Waals surface area contributed by atoms with Gasteiger partial charge in [0, 0.05) is 17.6 Å². The molecule has 2 aromatic carbocycles. The maximum atomic E-state index is 13.5. The lowest BCUT2D eigenvalue weighted by molar-refractivity contribution is -0.139. The number of benzene rings is 2. The smallest absolute Gasteiger partial charge is 0.244 e. The molecule has 0 spiro atoms. The highest BCUT2D eigenvalue weighted by Crippen LogP contribution is 2.25. The minimum Gasteiger partial charge on any atom is -0.352 e. The molecule has 2 aromatic rings. The number of anilines is 1. The van der Waals surface area contributed by atoms with Crippen molar-refractivity contribution in [3.05, 3.63) is 63.1 Å². The van der Waals surface area contributed by atoms with Crippen LogP contribution in [0.5, 0.6) is 0 Å². The minimum atomic E-state index is -3.83. The summed E-state index contributed by atoms with van der Waals surface area (Å²) in [5, 5.41) is 3.85. The monoisotopic (exact) mass is 547 g/mol. The number of nitrogens with zero attached hydrogens (tertiary/aromatic N) is 2. The highest BCUT2D eigenvalue weighted by molar-refractivity contribution is 7.92. The largest absolute Gasteiger partial charge is 0.352 e. The average Bonchev–Trinajstić information content (AvgIpc) is 2.76. The maximum absolute atomic E-state index is 13.5. The van der Waals surface area contributed by atoms with Crippen molar-refractivity contribution in [2.24, 2.45) is 0 Å². The van der Waals surface area contributed by atoms with Gasteiger partial charge in [0.05, 0.1) is 22.0 Å². The summed E-state index contributed by atoms with van der Waals surface area (Å²) in [5.74, 6) is -0.917. The molecule has 0 unspecified atom stereocenters. The number of nitrogens with one attached hydrogen (secondary N) is 1.